The fraction of sp³-hybridized carbons (Fsp3) is 0.529. The minimum Gasteiger partial charge on any atom is -0.342 e. The second-order valence-electron chi connectivity index (χ2n) is 5.72. The van der Waals surface area contributed by atoms with E-state index in [2.05, 4.69) is 19.2 Å². The van der Waals surface area contributed by atoms with Crippen LogP contribution in [0.15, 0.2) is 30.3 Å². The number of hydrogen-bond donors (Lipinski definition) is 1. The van der Waals surface area contributed by atoms with Gasteiger partial charge in [-0.2, -0.15) is 0 Å². The molecule has 0 saturated carbocycles. The average Bonchev–Trinajstić information content (AvgIpc) is 2.50. The second-order valence-corrected chi connectivity index (χ2v) is 5.72. The maximum Gasteiger partial charge on any atom is 0.248 e. The molecule has 2 atom stereocenters. The lowest BCUT2D eigenvalue weighted by atomic mass is 9.96. The van der Waals surface area contributed by atoms with E-state index in [0.717, 1.165) is 18.4 Å². The molecule has 21 heavy (non-hydrogen) atoms. The SMILES string of the molecule is CCC(CC)CN1C(=O)C(C)NC(=O)C1c1ccccc1. The van der Waals surface area contributed by atoms with E-state index >= 15 is 0 Å². The highest BCUT2D eigenvalue weighted by Gasteiger charge is 2.39. The molecule has 1 aliphatic heterocycles. The highest BCUT2D eigenvalue weighted by Crippen LogP contribution is 2.27. The highest BCUT2D eigenvalue weighted by molar-refractivity contribution is 5.97. The Morgan fingerprint density at radius 2 is 1.76 bits per heavy atom. The van der Waals surface area contributed by atoms with Crippen molar-refractivity contribution in [1.29, 1.82) is 0 Å². The van der Waals surface area contributed by atoms with Gasteiger partial charge in [0.15, 0.2) is 0 Å². The Balaban J connectivity index is 2.32. The summed E-state index contributed by atoms with van der Waals surface area (Å²) in [6, 6.07) is 8.60. The van der Waals surface area contributed by atoms with Crippen LogP contribution in [0.3, 0.4) is 0 Å². The fourth-order valence-electron chi connectivity index (χ4n) is 2.86. The summed E-state index contributed by atoms with van der Waals surface area (Å²) in [5.74, 6) is 0.355. The van der Waals surface area contributed by atoms with Crippen molar-refractivity contribution >= 4 is 11.8 Å². The molecule has 2 rings (SSSR count). The van der Waals surface area contributed by atoms with Crippen molar-refractivity contribution in [2.45, 2.75) is 45.7 Å². The van der Waals surface area contributed by atoms with Crippen LogP contribution in [0.2, 0.25) is 0 Å². The lowest BCUT2D eigenvalue weighted by molar-refractivity contribution is -0.150. The Bertz CT molecular complexity index is 497. The zero-order valence-electron chi connectivity index (χ0n) is 13.0. The quantitative estimate of drug-likeness (QED) is 0.905. The molecule has 114 valence electrons. The van der Waals surface area contributed by atoms with Gasteiger partial charge in [-0.05, 0) is 18.4 Å². The van der Waals surface area contributed by atoms with Gasteiger partial charge in [0.1, 0.15) is 12.1 Å². The fourth-order valence-corrected chi connectivity index (χ4v) is 2.86. The topological polar surface area (TPSA) is 49.4 Å². The van der Waals surface area contributed by atoms with Crippen LogP contribution in [0.5, 0.6) is 0 Å². The molecule has 4 heteroatoms. The summed E-state index contributed by atoms with van der Waals surface area (Å²) in [6.07, 6.45) is 2.02. The van der Waals surface area contributed by atoms with E-state index < -0.39 is 12.1 Å². The average molecular weight is 288 g/mol. The monoisotopic (exact) mass is 288 g/mol. The molecule has 0 bridgehead atoms. The van der Waals surface area contributed by atoms with Crippen molar-refractivity contribution < 1.29 is 9.59 Å². The van der Waals surface area contributed by atoms with E-state index in [-0.39, 0.29) is 11.8 Å². The maximum atomic E-state index is 12.5. The van der Waals surface area contributed by atoms with E-state index in [1.165, 1.54) is 0 Å². The van der Waals surface area contributed by atoms with E-state index in [0.29, 0.717) is 12.5 Å². The molecule has 1 aromatic carbocycles. The van der Waals surface area contributed by atoms with E-state index in [1.807, 2.05) is 30.3 Å². The van der Waals surface area contributed by atoms with Crippen LogP contribution in [0.25, 0.3) is 0 Å². The molecule has 0 aliphatic carbocycles. The van der Waals surface area contributed by atoms with Gasteiger partial charge >= 0.3 is 0 Å². The van der Waals surface area contributed by atoms with Gasteiger partial charge in [-0.15, -0.1) is 0 Å². The van der Waals surface area contributed by atoms with Crippen molar-refractivity contribution in [1.82, 2.24) is 10.2 Å². The molecule has 1 aromatic rings. The normalized spacial score (nSPS) is 22.6. The maximum absolute atomic E-state index is 12.5. The number of nitrogens with zero attached hydrogens (tertiary/aromatic N) is 1. The van der Waals surface area contributed by atoms with Crippen molar-refractivity contribution in [3.63, 3.8) is 0 Å². The molecule has 1 saturated heterocycles. The number of carbonyl (C=O) groups excluding carboxylic acids is 2. The molecule has 0 aromatic heterocycles. The molecule has 1 heterocycles. The van der Waals surface area contributed by atoms with Crippen LogP contribution >= 0.6 is 0 Å². The molecule has 2 amide bonds. The number of amides is 2. The second kappa shape index (κ2) is 6.74. The molecule has 0 spiro atoms. The largest absolute Gasteiger partial charge is 0.342 e. The Kier molecular flexibility index (Phi) is 4.99. The van der Waals surface area contributed by atoms with Gasteiger partial charge in [0.05, 0.1) is 0 Å². The van der Waals surface area contributed by atoms with E-state index in [4.69, 9.17) is 0 Å². The Hall–Kier alpha value is -1.84. The molecule has 1 aliphatic rings. The zero-order chi connectivity index (χ0) is 15.4. The molecular weight excluding hydrogens is 264 g/mol. The number of carbonyl (C=O) groups is 2. The first-order chi connectivity index (χ1) is 10.1. The highest BCUT2D eigenvalue weighted by atomic mass is 16.2. The molecule has 1 fully saturated rings. The van der Waals surface area contributed by atoms with Crippen molar-refractivity contribution in [3.8, 4) is 0 Å². The van der Waals surface area contributed by atoms with Gasteiger partial charge in [0, 0.05) is 6.54 Å². The first kappa shape index (κ1) is 15.5. The van der Waals surface area contributed by atoms with Gasteiger partial charge in [-0.1, -0.05) is 57.0 Å². The van der Waals surface area contributed by atoms with Gasteiger partial charge in [0.2, 0.25) is 11.8 Å². The minimum absolute atomic E-state index is 0.00959. The number of benzene rings is 1. The van der Waals surface area contributed by atoms with Crippen molar-refractivity contribution in [2.75, 3.05) is 6.54 Å². The molecule has 4 nitrogen and oxygen atoms in total. The van der Waals surface area contributed by atoms with Crippen molar-refractivity contribution in [3.05, 3.63) is 35.9 Å². The van der Waals surface area contributed by atoms with Crippen LogP contribution in [-0.2, 0) is 9.59 Å². The predicted octanol–water partition coefficient (Wildman–Crippen LogP) is 2.51. The van der Waals surface area contributed by atoms with Crippen LogP contribution in [0.1, 0.15) is 45.2 Å². The summed E-state index contributed by atoms with van der Waals surface area (Å²) >= 11 is 0. The minimum atomic E-state index is -0.504. The Labute approximate surface area is 126 Å². The van der Waals surface area contributed by atoms with Crippen LogP contribution < -0.4 is 5.32 Å². The summed E-state index contributed by atoms with van der Waals surface area (Å²) in [5, 5.41) is 2.79. The summed E-state index contributed by atoms with van der Waals surface area (Å²) in [5.41, 5.74) is 0.876. The lowest BCUT2D eigenvalue weighted by Gasteiger charge is -2.39. The number of rotatable bonds is 5. The first-order valence-electron chi connectivity index (χ1n) is 7.74. The molecule has 2 unspecified atom stereocenters. The first-order valence-corrected chi connectivity index (χ1v) is 7.74. The van der Waals surface area contributed by atoms with E-state index in [9.17, 15) is 9.59 Å². The van der Waals surface area contributed by atoms with Crippen LogP contribution in [-0.4, -0.2) is 29.3 Å². The molecular formula is C17H24N2O2. The number of piperazine rings is 1. The van der Waals surface area contributed by atoms with Crippen LogP contribution in [0.4, 0.5) is 0 Å². The molecule has 1 N–H and O–H groups in total. The third-order valence-corrected chi connectivity index (χ3v) is 4.30. The number of hydrogen-bond acceptors (Lipinski definition) is 2. The zero-order valence-corrected chi connectivity index (χ0v) is 13.0. The summed E-state index contributed by atoms with van der Waals surface area (Å²) in [7, 11) is 0. The lowest BCUT2D eigenvalue weighted by Crippen LogP contribution is -2.59. The van der Waals surface area contributed by atoms with Gasteiger partial charge in [-0.25, -0.2) is 0 Å². The Morgan fingerprint density at radius 1 is 1.14 bits per heavy atom. The van der Waals surface area contributed by atoms with E-state index in [1.54, 1.807) is 11.8 Å². The standard InChI is InChI=1S/C17H24N2O2/c1-4-13(5-2)11-19-15(14-9-7-6-8-10-14)16(20)18-12(3)17(19)21/h6-10,12-13,15H,4-5,11H2,1-3H3,(H,18,20). The van der Waals surface area contributed by atoms with Gasteiger partial charge in [0.25, 0.3) is 0 Å². The predicted molar refractivity (Wildman–Crippen MR) is 82.6 cm³/mol. The molecule has 0 radical (unpaired) electrons. The number of nitrogens with one attached hydrogen (secondary N) is 1. The van der Waals surface area contributed by atoms with Gasteiger partial charge in [-0.3, -0.25) is 9.59 Å². The van der Waals surface area contributed by atoms with Crippen molar-refractivity contribution in [2.24, 2.45) is 5.92 Å². The smallest absolute Gasteiger partial charge is 0.248 e. The third kappa shape index (κ3) is 3.26. The third-order valence-electron chi connectivity index (χ3n) is 4.30. The van der Waals surface area contributed by atoms with Gasteiger partial charge < -0.3 is 10.2 Å². The Morgan fingerprint density at radius 3 is 2.33 bits per heavy atom. The summed E-state index contributed by atoms with van der Waals surface area (Å²) < 4.78 is 0. The van der Waals surface area contributed by atoms with Crippen LogP contribution in [0, 0.1) is 5.92 Å². The summed E-state index contributed by atoms with van der Waals surface area (Å²) in [4.78, 5) is 26.7. The summed E-state index contributed by atoms with van der Waals surface area (Å²) in [6.45, 7) is 6.65.